The summed E-state index contributed by atoms with van der Waals surface area (Å²) in [5.74, 6) is -0.890. The van der Waals surface area contributed by atoms with E-state index in [1.54, 1.807) is 13.8 Å². The fourth-order valence-corrected chi connectivity index (χ4v) is 7.34. The van der Waals surface area contributed by atoms with Gasteiger partial charge in [0.05, 0.1) is 26.9 Å². The van der Waals surface area contributed by atoms with Gasteiger partial charge < -0.3 is 19.3 Å². The second kappa shape index (κ2) is 19.5. The quantitative estimate of drug-likeness (QED) is 0.124. The van der Waals surface area contributed by atoms with Crippen LogP contribution in [-0.4, -0.2) is 41.2 Å². The van der Waals surface area contributed by atoms with E-state index in [0.717, 1.165) is 69.4 Å². The molecular weight excluding hydrogens is 843 g/mol. The van der Waals surface area contributed by atoms with Crippen LogP contribution in [0.5, 0.6) is 0 Å². The molecule has 61 heavy (non-hydrogen) atoms. The predicted molar refractivity (Wildman–Crippen MR) is 229 cm³/mol. The molecule has 1 saturated heterocycles. The van der Waals surface area contributed by atoms with Crippen molar-refractivity contribution in [2.45, 2.75) is 85.0 Å². The van der Waals surface area contributed by atoms with Crippen LogP contribution in [-0.2, 0) is 15.6 Å². The largest absolute Gasteiger partial charge is 0.427 e. The summed E-state index contributed by atoms with van der Waals surface area (Å²) in [6, 6.07) is 24.1. The number of halogens is 6. The van der Waals surface area contributed by atoms with E-state index < -0.39 is 46.0 Å². The third-order valence-electron chi connectivity index (χ3n) is 9.44. The van der Waals surface area contributed by atoms with Crippen LogP contribution in [0.15, 0.2) is 108 Å². The Hall–Kier alpha value is -5.39. The smallest absolute Gasteiger partial charge is 0.400 e. The highest BCUT2D eigenvalue weighted by atomic mass is 32.1. The van der Waals surface area contributed by atoms with Crippen molar-refractivity contribution >= 4 is 38.6 Å². The van der Waals surface area contributed by atoms with Crippen molar-refractivity contribution in [2.75, 3.05) is 18.9 Å². The number of benzene rings is 2. The lowest BCUT2D eigenvalue weighted by molar-refractivity contribution is -0.185. The SMILES string of the molecule is C.C1CCOC1.Cc1nc(N)sc1-c1cc(C(C)(C)C(F)(F)F)oc(=O)c1.Cc1nc(N=C(c2ccccc2)c2ccccc2)sc1-c1cc(C(C)(C)C(F)(F)F)oc(=O)c1. The molecule has 326 valence electrons. The van der Waals surface area contributed by atoms with Gasteiger partial charge in [-0.25, -0.2) is 24.5 Å². The van der Waals surface area contributed by atoms with Gasteiger partial charge in [0.25, 0.3) is 0 Å². The van der Waals surface area contributed by atoms with Crippen molar-refractivity contribution in [3.8, 4) is 20.9 Å². The van der Waals surface area contributed by atoms with E-state index in [9.17, 15) is 35.9 Å². The Morgan fingerprint density at radius 3 is 1.43 bits per heavy atom. The zero-order chi connectivity index (χ0) is 44.0. The first kappa shape index (κ1) is 48.3. The molecular formula is C44H46F6N4O5S2. The molecule has 0 unspecified atom stereocenters. The summed E-state index contributed by atoms with van der Waals surface area (Å²) in [6.07, 6.45) is -6.57. The molecule has 0 bridgehead atoms. The number of nitrogens with two attached hydrogens (primary N) is 1. The number of aliphatic imine (C=N–C) groups is 1. The van der Waals surface area contributed by atoms with E-state index >= 15 is 0 Å². The molecule has 7 rings (SSSR count). The minimum absolute atomic E-state index is 0. The summed E-state index contributed by atoms with van der Waals surface area (Å²) in [5.41, 5.74) is 3.56. The fraction of sp³-hybridized carbons (Fsp3) is 0.341. The molecule has 9 nitrogen and oxygen atoms in total. The van der Waals surface area contributed by atoms with Crippen LogP contribution < -0.4 is 17.0 Å². The van der Waals surface area contributed by atoms with Gasteiger partial charge in [0.2, 0.25) is 5.13 Å². The summed E-state index contributed by atoms with van der Waals surface area (Å²) in [4.78, 5) is 38.2. The molecule has 6 aromatic rings. The van der Waals surface area contributed by atoms with E-state index in [4.69, 9.17) is 24.3 Å². The van der Waals surface area contributed by atoms with E-state index in [2.05, 4.69) is 9.97 Å². The van der Waals surface area contributed by atoms with Crippen LogP contribution >= 0.6 is 22.7 Å². The van der Waals surface area contributed by atoms with Crippen LogP contribution in [0.1, 0.15) is 82.0 Å². The molecule has 1 fully saturated rings. The number of aromatic nitrogens is 2. The van der Waals surface area contributed by atoms with Gasteiger partial charge in [-0.1, -0.05) is 90.8 Å². The lowest BCUT2D eigenvalue weighted by Crippen LogP contribution is -2.37. The van der Waals surface area contributed by atoms with Crippen molar-refractivity contribution in [1.82, 2.24) is 9.97 Å². The van der Waals surface area contributed by atoms with Gasteiger partial charge in [0, 0.05) is 47.6 Å². The lowest BCUT2D eigenvalue weighted by Gasteiger charge is -2.26. The third-order valence-corrected chi connectivity index (χ3v) is 11.6. The Morgan fingerprint density at radius 1 is 0.656 bits per heavy atom. The van der Waals surface area contributed by atoms with Crippen molar-refractivity contribution in [3.05, 3.63) is 140 Å². The van der Waals surface area contributed by atoms with E-state index in [1.165, 1.54) is 42.4 Å². The van der Waals surface area contributed by atoms with Gasteiger partial charge in [0.15, 0.2) is 5.13 Å². The highest BCUT2D eigenvalue weighted by Crippen LogP contribution is 2.43. The number of alkyl halides is 6. The maximum Gasteiger partial charge on any atom is 0.400 e. The Morgan fingerprint density at radius 2 is 1.07 bits per heavy atom. The van der Waals surface area contributed by atoms with Gasteiger partial charge in [-0.2, -0.15) is 26.3 Å². The third kappa shape index (κ3) is 11.7. The van der Waals surface area contributed by atoms with Crippen molar-refractivity contribution in [1.29, 1.82) is 0 Å². The molecule has 1 aliphatic heterocycles. The highest BCUT2D eigenvalue weighted by molar-refractivity contribution is 7.19. The molecule has 17 heteroatoms. The highest BCUT2D eigenvalue weighted by Gasteiger charge is 2.51. The zero-order valence-corrected chi connectivity index (χ0v) is 35.1. The second-order valence-corrected chi connectivity index (χ2v) is 16.7. The molecule has 0 amide bonds. The molecule has 1 aliphatic rings. The van der Waals surface area contributed by atoms with E-state index in [0.29, 0.717) is 43.1 Å². The summed E-state index contributed by atoms with van der Waals surface area (Å²) in [6.45, 7) is 9.29. The summed E-state index contributed by atoms with van der Waals surface area (Å²) in [5, 5.41) is 0.715. The number of nitrogens with zero attached hydrogens (tertiary/aromatic N) is 3. The number of hydrogen-bond donors (Lipinski definition) is 1. The second-order valence-electron chi connectivity index (χ2n) is 14.7. The van der Waals surface area contributed by atoms with Gasteiger partial charge in [0.1, 0.15) is 22.4 Å². The van der Waals surface area contributed by atoms with E-state index in [-0.39, 0.29) is 12.6 Å². The Bertz CT molecular complexity index is 2490. The summed E-state index contributed by atoms with van der Waals surface area (Å²) in [7, 11) is 0. The predicted octanol–water partition coefficient (Wildman–Crippen LogP) is 12.0. The lowest BCUT2D eigenvalue weighted by atomic mass is 9.88. The monoisotopic (exact) mass is 888 g/mol. The number of ether oxygens (including phenoxy) is 1. The van der Waals surface area contributed by atoms with E-state index in [1.807, 2.05) is 60.7 Å². The molecule has 2 N–H and O–H groups in total. The summed E-state index contributed by atoms with van der Waals surface area (Å²) >= 11 is 2.31. The Balaban J connectivity index is 0.000000257. The number of aryl methyl sites for hydroxylation is 2. The van der Waals surface area contributed by atoms with Gasteiger partial charge in [-0.15, -0.1) is 0 Å². The van der Waals surface area contributed by atoms with Crippen LogP contribution in [0, 0.1) is 13.8 Å². The zero-order valence-electron chi connectivity index (χ0n) is 33.5. The molecule has 0 atom stereocenters. The van der Waals surface area contributed by atoms with Crippen LogP contribution in [0.25, 0.3) is 20.9 Å². The Labute approximate surface area is 357 Å². The fourth-order valence-electron chi connectivity index (χ4n) is 5.59. The first-order chi connectivity index (χ1) is 28.1. The van der Waals surface area contributed by atoms with Crippen LogP contribution in [0.4, 0.5) is 36.6 Å². The average Bonchev–Trinajstić information content (AvgIpc) is 3.96. The molecule has 5 heterocycles. The number of anilines is 1. The number of rotatable bonds is 7. The van der Waals surface area contributed by atoms with Crippen LogP contribution in [0.3, 0.4) is 0 Å². The van der Waals surface area contributed by atoms with Crippen LogP contribution in [0.2, 0.25) is 0 Å². The van der Waals surface area contributed by atoms with Crippen molar-refractivity contribution in [2.24, 2.45) is 4.99 Å². The molecule has 0 radical (unpaired) electrons. The topological polar surface area (TPSA) is 134 Å². The van der Waals surface area contributed by atoms with Gasteiger partial charge >= 0.3 is 23.6 Å². The van der Waals surface area contributed by atoms with Gasteiger partial charge in [-0.3, -0.25) is 0 Å². The average molecular weight is 889 g/mol. The minimum Gasteiger partial charge on any atom is -0.427 e. The molecule has 0 saturated carbocycles. The Kier molecular flexibility index (Phi) is 15.5. The summed E-state index contributed by atoms with van der Waals surface area (Å²) < 4.78 is 94.5. The minimum atomic E-state index is -4.58. The maximum atomic E-state index is 13.5. The number of thiazole rings is 2. The first-order valence-corrected chi connectivity index (χ1v) is 20.1. The molecule has 2 aromatic carbocycles. The molecule has 0 aliphatic carbocycles. The maximum absolute atomic E-state index is 13.5. The van der Waals surface area contributed by atoms with Gasteiger partial charge in [-0.05, 0) is 66.5 Å². The number of hydrogen-bond acceptors (Lipinski definition) is 11. The molecule has 4 aromatic heterocycles. The van der Waals surface area contributed by atoms with Crippen molar-refractivity contribution < 1.29 is 39.9 Å². The molecule has 0 spiro atoms. The standard InChI is InChI=1S/C26H21F3N2O2S.C13H13F3N2O2S.C4H8O.CH4/c1-16-23(19-14-20(33-21(32)15-19)25(2,3)26(27,28)29)34-24(30-16)31-22(17-10-6-4-7-11-17)18-12-8-5-9-13-18;1-6-10(21-11(17)18-6)7-4-8(20-9(19)5-7)12(2,3)13(14,15)16;1-2-4-5-3-1;/h4-15H,1-3H3;4-5H,1-3H3,(H2,17,18);1-4H2;1H4. The van der Waals surface area contributed by atoms with Crippen molar-refractivity contribution in [3.63, 3.8) is 0 Å². The first-order valence-electron chi connectivity index (χ1n) is 18.5. The normalized spacial score (nSPS) is 13.0. The number of nitrogen functional groups attached to an aromatic ring is 1.